The normalized spacial score (nSPS) is 10.6. The van der Waals surface area contributed by atoms with Crippen LogP contribution in [0.4, 0.5) is 0 Å². The molecule has 6 nitrogen and oxygen atoms in total. The third-order valence-electron chi connectivity index (χ3n) is 3.83. The quantitative estimate of drug-likeness (QED) is 0.533. The second-order valence-corrected chi connectivity index (χ2v) is 5.23. The van der Waals surface area contributed by atoms with E-state index < -0.39 is 5.97 Å². The molecule has 0 unspecified atom stereocenters. The Bertz CT molecular complexity index is 897. The molecule has 0 aliphatic rings. The third kappa shape index (κ3) is 2.74. The molecule has 24 heavy (non-hydrogen) atoms. The van der Waals surface area contributed by atoms with Gasteiger partial charge in [-0.15, -0.1) is 0 Å². The van der Waals surface area contributed by atoms with E-state index >= 15 is 0 Å². The minimum absolute atomic E-state index is 0.332. The first-order valence-electron chi connectivity index (χ1n) is 7.32. The van der Waals surface area contributed by atoms with Crippen LogP contribution in [0.3, 0.4) is 0 Å². The summed E-state index contributed by atoms with van der Waals surface area (Å²) in [5, 5.41) is 0.507. The lowest BCUT2D eigenvalue weighted by Gasteiger charge is -2.07. The van der Waals surface area contributed by atoms with Crippen molar-refractivity contribution in [2.75, 3.05) is 14.2 Å². The molecule has 0 saturated heterocycles. The molecule has 0 amide bonds. The summed E-state index contributed by atoms with van der Waals surface area (Å²) in [4.78, 5) is 27.7. The highest BCUT2D eigenvalue weighted by molar-refractivity contribution is 6.09. The zero-order valence-corrected chi connectivity index (χ0v) is 13.4. The van der Waals surface area contributed by atoms with E-state index in [2.05, 4.69) is 4.98 Å². The average Bonchev–Trinajstić information content (AvgIpc) is 2.99. The van der Waals surface area contributed by atoms with Crippen molar-refractivity contribution in [3.05, 3.63) is 59.4 Å². The fourth-order valence-electron chi connectivity index (χ4n) is 2.66. The van der Waals surface area contributed by atoms with Crippen LogP contribution in [-0.4, -0.2) is 36.0 Å². The van der Waals surface area contributed by atoms with E-state index in [1.807, 2.05) is 28.8 Å². The van der Waals surface area contributed by atoms with Crippen molar-refractivity contribution in [1.29, 1.82) is 0 Å². The third-order valence-corrected chi connectivity index (χ3v) is 3.83. The molecule has 3 aromatic rings. The van der Waals surface area contributed by atoms with Gasteiger partial charge < -0.3 is 14.0 Å². The number of aromatic nitrogens is 2. The summed E-state index contributed by atoms with van der Waals surface area (Å²) in [5.41, 5.74) is 2.33. The lowest BCUT2D eigenvalue weighted by molar-refractivity contribution is 0.0603. The standard InChI is InChI=1S/C18H16N2O4/c1-23-14-5-3-12(4-6-14)9-20-10-13(11-21)16-15(18(22)24-2)7-8-19-17(16)20/h3-8,10-11H,9H2,1-2H3. The summed E-state index contributed by atoms with van der Waals surface area (Å²) in [6, 6.07) is 9.17. The number of rotatable bonds is 5. The van der Waals surface area contributed by atoms with Gasteiger partial charge in [-0.25, -0.2) is 9.78 Å². The second-order valence-electron chi connectivity index (χ2n) is 5.23. The Kier molecular flexibility index (Phi) is 4.29. The van der Waals surface area contributed by atoms with Gasteiger partial charge in [-0.2, -0.15) is 0 Å². The number of fused-ring (bicyclic) bond motifs is 1. The minimum Gasteiger partial charge on any atom is -0.497 e. The molecule has 122 valence electrons. The molecular weight excluding hydrogens is 308 g/mol. The summed E-state index contributed by atoms with van der Waals surface area (Å²) in [6.45, 7) is 0.520. The SMILES string of the molecule is COC(=O)c1ccnc2c1c(C=O)cn2Cc1ccc(OC)cc1. The van der Waals surface area contributed by atoms with E-state index in [4.69, 9.17) is 9.47 Å². The molecule has 0 spiro atoms. The maximum Gasteiger partial charge on any atom is 0.338 e. The van der Waals surface area contributed by atoms with Crippen molar-refractivity contribution < 1.29 is 19.1 Å². The molecular formula is C18H16N2O4. The van der Waals surface area contributed by atoms with Crippen molar-refractivity contribution in [3.8, 4) is 5.75 Å². The second kappa shape index (κ2) is 6.54. The van der Waals surface area contributed by atoms with Gasteiger partial charge in [0, 0.05) is 29.9 Å². The maximum absolute atomic E-state index is 11.9. The van der Waals surface area contributed by atoms with Gasteiger partial charge >= 0.3 is 5.97 Å². The van der Waals surface area contributed by atoms with Crippen LogP contribution in [0.5, 0.6) is 5.75 Å². The minimum atomic E-state index is -0.493. The van der Waals surface area contributed by atoms with E-state index in [-0.39, 0.29) is 0 Å². The van der Waals surface area contributed by atoms with Crippen LogP contribution < -0.4 is 4.74 Å². The number of esters is 1. The first-order valence-corrected chi connectivity index (χ1v) is 7.32. The van der Waals surface area contributed by atoms with Crippen molar-refractivity contribution in [3.63, 3.8) is 0 Å². The highest BCUT2D eigenvalue weighted by Crippen LogP contribution is 2.24. The van der Waals surface area contributed by atoms with Gasteiger partial charge in [-0.3, -0.25) is 4.79 Å². The molecule has 6 heteroatoms. The molecule has 2 aromatic heterocycles. The molecule has 0 aliphatic carbocycles. The number of carbonyl (C=O) groups excluding carboxylic acids is 2. The first kappa shape index (κ1) is 15.7. The summed E-state index contributed by atoms with van der Waals surface area (Å²) in [7, 11) is 2.92. The van der Waals surface area contributed by atoms with E-state index in [1.54, 1.807) is 19.4 Å². The van der Waals surface area contributed by atoms with Gasteiger partial charge in [-0.05, 0) is 23.8 Å². The number of methoxy groups -OCH3 is 2. The summed E-state index contributed by atoms with van der Waals surface area (Å²) in [5.74, 6) is 0.281. The van der Waals surface area contributed by atoms with Gasteiger partial charge in [0.15, 0.2) is 6.29 Å². The van der Waals surface area contributed by atoms with Crippen LogP contribution in [0.1, 0.15) is 26.3 Å². The fourth-order valence-corrected chi connectivity index (χ4v) is 2.66. The number of hydrogen-bond donors (Lipinski definition) is 0. The van der Waals surface area contributed by atoms with E-state index in [9.17, 15) is 9.59 Å². The number of hydrogen-bond acceptors (Lipinski definition) is 5. The summed E-state index contributed by atoms with van der Waals surface area (Å²) >= 11 is 0. The van der Waals surface area contributed by atoms with Gasteiger partial charge in [0.2, 0.25) is 0 Å². The Morgan fingerprint density at radius 2 is 1.96 bits per heavy atom. The molecule has 0 radical (unpaired) electrons. The number of nitrogens with zero attached hydrogens (tertiary/aromatic N) is 2. The zero-order valence-electron chi connectivity index (χ0n) is 13.4. The van der Waals surface area contributed by atoms with Crippen molar-refractivity contribution in [1.82, 2.24) is 9.55 Å². The van der Waals surface area contributed by atoms with Crippen molar-refractivity contribution in [2.45, 2.75) is 6.54 Å². The zero-order chi connectivity index (χ0) is 17.1. The Labute approximate surface area is 138 Å². The molecule has 2 heterocycles. The van der Waals surface area contributed by atoms with Crippen LogP contribution in [0.25, 0.3) is 11.0 Å². The Balaban J connectivity index is 2.08. The van der Waals surface area contributed by atoms with Crippen LogP contribution in [-0.2, 0) is 11.3 Å². The molecule has 3 rings (SSSR count). The monoisotopic (exact) mass is 324 g/mol. The topological polar surface area (TPSA) is 70.4 Å². The molecule has 0 atom stereocenters. The van der Waals surface area contributed by atoms with Gasteiger partial charge in [-0.1, -0.05) is 12.1 Å². The van der Waals surface area contributed by atoms with Crippen LogP contribution in [0, 0.1) is 0 Å². The predicted molar refractivity (Wildman–Crippen MR) is 88.6 cm³/mol. The van der Waals surface area contributed by atoms with Gasteiger partial charge in [0.1, 0.15) is 11.4 Å². The molecule has 1 aromatic carbocycles. The molecule has 0 saturated carbocycles. The fraction of sp³-hybridized carbons (Fsp3) is 0.167. The lowest BCUT2D eigenvalue weighted by atomic mass is 10.1. The highest BCUT2D eigenvalue weighted by Gasteiger charge is 2.18. The van der Waals surface area contributed by atoms with Gasteiger partial charge in [0.25, 0.3) is 0 Å². The number of benzene rings is 1. The van der Waals surface area contributed by atoms with E-state index in [0.29, 0.717) is 28.7 Å². The lowest BCUT2D eigenvalue weighted by Crippen LogP contribution is -2.04. The first-order chi connectivity index (χ1) is 11.7. The highest BCUT2D eigenvalue weighted by atomic mass is 16.5. The Morgan fingerprint density at radius 1 is 1.21 bits per heavy atom. The number of ether oxygens (including phenoxy) is 2. The summed E-state index contributed by atoms with van der Waals surface area (Å²) in [6.07, 6.45) is 3.95. The van der Waals surface area contributed by atoms with Crippen molar-refractivity contribution in [2.24, 2.45) is 0 Å². The Hall–Kier alpha value is -3.15. The summed E-state index contributed by atoms with van der Waals surface area (Å²) < 4.78 is 11.8. The number of carbonyl (C=O) groups is 2. The number of pyridine rings is 1. The maximum atomic E-state index is 11.9. The number of aldehydes is 1. The van der Waals surface area contributed by atoms with Crippen molar-refractivity contribution >= 4 is 23.3 Å². The van der Waals surface area contributed by atoms with E-state index in [1.165, 1.54) is 13.3 Å². The predicted octanol–water partition coefficient (Wildman–Crippen LogP) is 2.69. The van der Waals surface area contributed by atoms with Crippen LogP contribution in [0.15, 0.2) is 42.7 Å². The van der Waals surface area contributed by atoms with Crippen LogP contribution >= 0.6 is 0 Å². The smallest absolute Gasteiger partial charge is 0.338 e. The van der Waals surface area contributed by atoms with Gasteiger partial charge in [0.05, 0.1) is 19.8 Å². The molecule has 0 bridgehead atoms. The average molecular weight is 324 g/mol. The molecule has 0 fully saturated rings. The van der Waals surface area contributed by atoms with E-state index in [0.717, 1.165) is 17.6 Å². The van der Waals surface area contributed by atoms with Crippen LogP contribution in [0.2, 0.25) is 0 Å². The largest absolute Gasteiger partial charge is 0.497 e. The molecule has 0 aliphatic heterocycles. The Morgan fingerprint density at radius 3 is 2.58 bits per heavy atom. The molecule has 0 N–H and O–H groups in total.